The van der Waals surface area contributed by atoms with Crippen LogP contribution in [0.25, 0.3) is 0 Å². The first-order chi connectivity index (χ1) is 7.52. The lowest BCUT2D eigenvalue weighted by atomic mass is 9.90. The molecule has 1 aromatic rings. The van der Waals surface area contributed by atoms with Crippen molar-refractivity contribution in [3.8, 4) is 0 Å². The molecule has 6 nitrogen and oxygen atoms in total. The van der Waals surface area contributed by atoms with E-state index in [1.165, 1.54) is 13.2 Å². The Labute approximate surface area is 90.1 Å². The maximum absolute atomic E-state index is 13.5. The molecule has 1 aromatic heterocycles. The average molecular weight is 227 g/mol. The topological polar surface area (TPSA) is 84.2 Å². The van der Waals surface area contributed by atoms with E-state index in [2.05, 4.69) is 10.4 Å². The summed E-state index contributed by atoms with van der Waals surface area (Å²) in [5.41, 5.74) is 0.160. The summed E-state index contributed by atoms with van der Waals surface area (Å²) < 4.78 is 14.6. The van der Waals surface area contributed by atoms with E-state index in [0.717, 1.165) is 4.68 Å². The number of halogens is 1. The normalized spacial score (nSPS) is 24.5. The van der Waals surface area contributed by atoms with E-state index in [-0.39, 0.29) is 12.1 Å². The van der Waals surface area contributed by atoms with Crippen molar-refractivity contribution in [3.63, 3.8) is 0 Å². The standard InChI is InChI=1S/C9H10FN3O3/c1-13-7(10)5(3-12-13)4-2-11-8(14)6(4)9(15)16/h3-4,6H,2H2,1H3,(H,11,14)(H,15,16)/t4-,6?/m1/s1. The number of nitrogens with one attached hydrogen (secondary N) is 1. The van der Waals surface area contributed by atoms with Crippen molar-refractivity contribution in [2.24, 2.45) is 13.0 Å². The molecule has 2 N–H and O–H groups in total. The van der Waals surface area contributed by atoms with Crippen LogP contribution in [0.3, 0.4) is 0 Å². The molecule has 0 saturated carbocycles. The van der Waals surface area contributed by atoms with Crippen LogP contribution in [0.1, 0.15) is 11.5 Å². The molecule has 1 amide bonds. The summed E-state index contributed by atoms with van der Waals surface area (Å²) in [6.07, 6.45) is 1.26. The minimum Gasteiger partial charge on any atom is -0.481 e. The molecule has 86 valence electrons. The third-order valence-corrected chi connectivity index (χ3v) is 2.74. The summed E-state index contributed by atoms with van der Waals surface area (Å²) in [6.45, 7) is 0.123. The first kappa shape index (κ1) is 10.6. The summed E-state index contributed by atoms with van der Waals surface area (Å²) in [7, 11) is 1.42. The van der Waals surface area contributed by atoms with Crippen molar-refractivity contribution < 1.29 is 19.1 Å². The van der Waals surface area contributed by atoms with Gasteiger partial charge in [-0.1, -0.05) is 0 Å². The van der Waals surface area contributed by atoms with Crippen molar-refractivity contribution in [1.82, 2.24) is 15.1 Å². The average Bonchev–Trinajstić information content (AvgIpc) is 2.72. The SMILES string of the molecule is Cn1ncc([C@H]2CNC(=O)C2C(=O)O)c1F. The number of aromatic nitrogens is 2. The van der Waals surface area contributed by atoms with E-state index in [4.69, 9.17) is 5.11 Å². The van der Waals surface area contributed by atoms with Gasteiger partial charge in [-0.3, -0.25) is 9.59 Å². The molecule has 1 unspecified atom stereocenters. The first-order valence-corrected chi connectivity index (χ1v) is 4.70. The predicted octanol–water partition coefficient (Wildman–Crippen LogP) is -0.527. The number of rotatable bonds is 2. The highest BCUT2D eigenvalue weighted by Crippen LogP contribution is 2.30. The van der Waals surface area contributed by atoms with E-state index >= 15 is 0 Å². The Morgan fingerprint density at radius 2 is 2.44 bits per heavy atom. The zero-order chi connectivity index (χ0) is 11.9. The van der Waals surface area contributed by atoms with Gasteiger partial charge in [0.05, 0.1) is 6.20 Å². The van der Waals surface area contributed by atoms with Gasteiger partial charge in [0.2, 0.25) is 11.9 Å². The van der Waals surface area contributed by atoms with Crippen LogP contribution in [0.5, 0.6) is 0 Å². The highest BCUT2D eigenvalue weighted by Gasteiger charge is 2.43. The molecule has 2 heterocycles. The fourth-order valence-electron chi connectivity index (χ4n) is 1.88. The Balaban J connectivity index is 2.37. The number of carbonyl (C=O) groups is 2. The predicted molar refractivity (Wildman–Crippen MR) is 50.0 cm³/mol. The van der Waals surface area contributed by atoms with Gasteiger partial charge in [0, 0.05) is 25.1 Å². The molecule has 2 atom stereocenters. The molecule has 1 saturated heterocycles. The molecule has 7 heteroatoms. The second-order valence-corrected chi connectivity index (χ2v) is 3.68. The molecule has 0 aliphatic carbocycles. The first-order valence-electron chi connectivity index (χ1n) is 4.70. The summed E-state index contributed by atoms with van der Waals surface area (Å²) in [4.78, 5) is 22.2. The Kier molecular flexibility index (Phi) is 2.37. The van der Waals surface area contributed by atoms with E-state index in [9.17, 15) is 14.0 Å². The molecule has 1 aliphatic rings. The maximum Gasteiger partial charge on any atom is 0.316 e. The zero-order valence-corrected chi connectivity index (χ0v) is 8.48. The number of amides is 1. The minimum atomic E-state index is -1.25. The van der Waals surface area contributed by atoms with Gasteiger partial charge in [-0.05, 0) is 0 Å². The maximum atomic E-state index is 13.5. The Hall–Kier alpha value is -1.92. The monoisotopic (exact) mass is 227 g/mol. The summed E-state index contributed by atoms with van der Waals surface area (Å²) in [5, 5.41) is 15.0. The molecule has 2 rings (SSSR count). The molecule has 0 spiro atoms. The van der Waals surface area contributed by atoms with Gasteiger partial charge >= 0.3 is 5.97 Å². The van der Waals surface area contributed by atoms with Crippen molar-refractivity contribution in [2.75, 3.05) is 6.54 Å². The number of carbonyl (C=O) groups excluding carboxylic acids is 1. The molecule has 1 fully saturated rings. The lowest BCUT2D eigenvalue weighted by Crippen LogP contribution is -2.26. The number of carboxylic acids is 1. The third kappa shape index (κ3) is 1.44. The van der Waals surface area contributed by atoms with Gasteiger partial charge < -0.3 is 10.4 Å². The van der Waals surface area contributed by atoms with Gasteiger partial charge in [-0.15, -0.1) is 0 Å². The molecular weight excluding hydrogens is 217 g/mol. The largest absolute Gasteiger partial charge is 0.481 e. The van der Waals surface area contributed by atoms with Crippen LogP contribution in [0.15, 0.2) is 6.20 Å². The van der Waals surface area contributed by atoms with Crippen LogP contribution in [0.2, 0.25) is 0 Å². The van der Waals surface area contributed by atoms with Crippen LogP contribution in [0.4, 0.5) is 4.39 Å². The minimum absolute atomic E-state index is 0.123. The Morgan fingerprint density at radius 1 is 1.75 bits per heavy atom. The Morgan fingerprint density at radius 3 is 2.94 bits per heavy atom. The van der Waals surface area contributed by atoms with Gasteiger partial charge in [0.15, 0.2) is 0 Å². The summed E-state index contributed by atoms with van der Waals surface area (Å²) >= 11 is 0. The highest BCUT2D eigenvalue weighted by atomic mass is 19.1. The van der Waals surface area contributed by atoms with Gasteiger partial charge in [-0.2, -0.15) is 9.49 Å². The third-order valence-electron chi connectivity index (χ3n) is 2.74. The smallest absolute Gasteiger partial charge is 0.316 e. The van der Waals surface area contributed by atoms with Gasteiger partial charge in [0.1, 0.15) is 5.92 Å². The van der Waals surface area contributed by atoms with Crippen LogP contribution >= 0.6 is 0 Å². The number of hydrogen-bond donors (Lipinski definition) is 2. The van der Waals surface area contributed by atoms with Gasteiger partial charge in [0.25, 0.3) is 0 Å². The second kappa shape index (κ2) is 3.58. The fourth-order valence-corrected chi connectivity index (χ4v) is 1.88. The lowest BCUT2D eigenvalue weighted by Gasteiger charge is -2.10. The second-order valence-electron chi connectivity index (χ2n) is 3.68. The highest BCUT2D eigenvalue weighted by molar-refractivity contribution is 5.99. The molecular formula is C9H10FN3O3. The van der Waals surface area contributed by atoms with Crippen LogP contribution < -0.4 is 5.32 Å². The van der Waals surface area contributed by atoms with Crippen LogP contribution in [-0.4, -0.2) is 33.3 Å². The molecule has 16 heavy (non-hydrogen) atoms. The summed E-state index contributed by atoms with van der Waals surface area (Å²) in [5.74, 6) is -4.37. The van der Waals surface area contributed by atoms with E-state index < -0.39 is 29.7 Å². The quantitative estimate of drug-likeness (QED) is 0.665. The van der Waals surface area contributed by atoms with E-state index in [0.29, 0.717) is 0 Å². The Bertz CT molecular complexity index is 457. The van der Waals surface area contributed by atoms with Crippen molar-refractivity contribution >= 4 is 11.9 Å². The lowest BCUT2D eigenvalue weighted by molar-refractivity contribution is -0.145. The zero-order valence-electron chi connectivity index (χ0n) is 8.48. The molecule has 0 bridgehead atoms. The summed E-state index contributed by atoms with van der Waals surface area (Å²) in [6, 6.07) is 0. The van der Waals surface area contributed by atoms with E-state index in [1.807, 2.05) is 0 Å². The molecule has 0 radical (unpaired) electrons. The van der Waals surface area contributed by atoms with Crippen molar-refractivity contribution in [1.29, 1.82) is 0 Å². The van der Waals surface area contributed by atoms with Crippen molar-refractivity contribution in [2.45, 2.75) is 5.92 Å². The molecule has 0 aromatic carbocycles. The number of nitrogens with zero attached hydrogens (tertiary/aromatic N) is 2. The molecule has 1 aliphatic heterocycles. The fraction of sp³-hybridized carbons (Fsp3) is 0.444. The number of aliphatic carboxylic acids is 1. The van der Waals surface area contributed by atoms with Crippen LogP contribution in [0, 0.1) is 11.9 Å². The van der Waals surface area contributed by atoms with Gasteiger partial charge in [-0.25, -0.2) is 4.68 Å². The van der Waals surface area contributed by atoms with Crippen molar-refractivity contribution in [3.05, 3.63) is 17.7 Å². The number of carboxylic acid groups (broad SMARTS) is 1. The van der Waals surface area contributed by atoms with E-state index in [1.54, 1.807) is 0 Å². The van der Waals surface area contributed by atoms with Crippen LogP contribution in [-0.2, 0) is 16.6 Å². The number of hydrogen-bond acceptors (Lipinski definition) is 3. The number of aryl methyl sites for hydroxylation is 1.